The normalized spacial score (nSPS) is 11.4. The second-order valence-corrected chi connectivity index (χ2v) is 4.99. The van der Waals surface area contributed by atoms with Crippen molar-refractivity contribution in [2.45, 2.75) is 4.90 Å². The second kappa shape index (κ2) is 4.06. The first kappa shape index (κ1) is 11.4. The number of phenols is 1. The lowest BCUT2D eigenvalue weighted by Gasteiger charge is -2.06. The zero-order chi connectivity index (χ0) is 12.5. The Morgan fingerprint density at radius 2 is 1.94 bits per heavy atom. The van der Waals surface area contributed by atoms with Crippen molar-refractivity contribution in [3.05, 3.63) is 30.6 Å². The Hall–Kier alpha value is -2.09. The summed E-state index contributed by atoms with van der Waals surface area (Å²) < 4.78 is 27.4. The highest BCUT2D eigenvalue weighted by molar-refractivity contribution is 7.92. The van der Waals surface area contributed by atoms with Gasteiger partial charge in [-0.15, -0.1) is 0 Å². The minimum atomic E-state index is -3.71. The maximum Gasteiger partial charge on any atom is 0.264 e. The number of sulfonamides is 1. The van der Waals surface area contributed by atoms with E-state index in [1.165, 1.54) is 35.3 Å². The van der Waals surface area contributed by atoms with Crippen molar-refractivity contribution in [1.29, 1.82) is 0 Å². The van der Waals surface area contributed by atoms with Crippen molar-refractivity contribution in [3.63, 3.8) is 0 Å². The molecular weight excluding hydrogens is 244 g/mol. The smallest absolute Gasteiger partial charge is 0.264 e. The van der Waals surface area contributed by atoms with E-state index in [0.29, 0.717) is 0 Å². The van der Waals surface area contributed by atoms with E-state index in [4.69, 9.17) is 5.11 Å². The summed E-state index contributed by atoms with van der Waals surface area (Å²) in [5, 5.41) is 12.8. The molecule has 0 unspecified atom stereocenters. The fourth-order valence-corrected chi connectivity index (χ4v) is 2.23. The van der Waals surface area contributed by atoms with Gasteiger partial charge in [0.15, 0.2) is 0 Å². The predicted molar refractivity (Wildman–Crippen MR) is 59.9 cm³/mol. The summed E-state index contributed by atoms with van der Waals surface area (Å²) in [6.45, 7) is 0. The highest BCUT2D eigenvalue weighted by Gasteiger charge is 2.16. The molecule has 0 saturated heterocycles. The van der Waals surface area contributed by atoms with Crippen LogP contribution in [0.15, 0.2) is 35.5 Å². The lowest BCUT2D eigenvalue weighted by Crippen LogP contribution is -2.16. The fraction of sp³-hybridized carbons (Fsp3) is 0.111. The lowest BCUT2D eigenvalue weighted by atomic mass is 10.3. The highest BCUT2D eigenvalue weighted by atomic mass is 32.2. The molecule has 2 rings (SSSR count). The molecule has 17 heavy (non-hydrogen) atoms. The van der Waals surface area contributed by atoms with Gasteiger partial charge in [0, 0.05) is 7.05 Å². The van der Waals surface area contributed by atoms with Crippen molar-refractivity contribution in [2.75, 3.05) is 4.72 Å². The van der Waals surface area contributed by atoms with Gasteiger partial charge in [-0.25, -0.2) is 17.8 Å². The van der Waals surface area contributed by atoms with Crippen LogP contribution in [-0.4, -0.2) is 28.3 Å². The van der Waals surface area contributed by atoms with E-state index >= 15 is 0 Å². The Kier molecular flexibility index (Phi) is 2.72. The highest BCUT2D eigenvalue weighted by Crippen LogP contribution is 2.16. The Morgan fingerprint density at radius 3 is 2.47 bits per heavy atom. The molecule has 0 atom stereocenters. The molecule has 2 N–H and O–H groups in total. The third-order valence-corrected chi connectivity index (χ3v) is 3.43. The first-order chi connectivity index (χ1) is 7.99. The van der Waals surface area contributed by atoms with Crippen molar-refractivity contribution in [1.82, 2.24) is 14.8 Å². The number of nitrogens with zero attached hydrogens (tertiary/aromatic N) is 3. The molecule has 0 fully saturated rings. The lowest BCUT2D eigenvalue weighted by molar-refractivity contribution is 0.475. The van der Waals surface area contributed by atoms with Gasteiger partial charge in [-0.3, -0.25) is 0 Å². The minimum Gasteiger partial charge on any atom is -0.508 e. The first-order valence-corrected chi connectivity index (χ1v) is 6.13. The molecule has 1 heterocycles. The zero-order valence-corrected chi connectivity index (χ0v) is 9.72. The Morgan fingerprint density at radius 1 is 1.29 bits per heavy atom. The topological polar surface area (TPSA) is 97.1 Å². The molecular formula is C9H10N4O3S. The number of aromatic hydroxyl groups is 1. The SMILES string of the molecule is Cn1ncnc1NS(=O)(=O)c1ccc(O)cc1. The van der Waals surface area contributed by atoms with Crippen LogP contribution in [0, 0.1) is 0 Å². The van der Waals surface area contributed by atoms with Crippen molar-refractivity contribution in [2.24, 2.45) is 7.05 Å². The Balaban J connectivity index is 2.31. The Bertz CT molecular complexity index is 618. The monoisotopic (exact) mass is 254 g/mol. The number of rotatable bonds is 3. The van der Waals surface area contributed by atoms with Gasteiger partial charge in [-0.2, -0.15) is 10.1 Å². The van der Waals surface area contributed by atoms with Gasteiger partial charge < -0.3 is 5.11 Å². The van der Waals surface area contributed by atoms with Crippen LogP contribution in [0.1, 0.15) is 0 Å². The van der Waals surface area contributed by atoms with Gasteiger partial charge in [-0.05, 0) is 24.3 Å². The number of anilines is 1. The summed E-state index contributed by atoms with van der Waals surface area (Å²) in [5.41, 5.74) is 0. The quantitative estimate of drug-likeness (QED) is 0.822. The number of nitrogens with one attached hydrogen (secondary N) is 1. The molecule has 1 aromatic heterocycles. The number of hydrogen-bond acceptors (Lipinski definition) is 5. The molecule has 0 radical (unpaired) electrons. The van der Waals surface area contributed by atoms with Crippen LogP contribution in [0.3, 0.4) is 0 Å². The molecule has 0 saturated carbocycles. The molecule has 0 spiro atoms. The van der Waals surface area contributed by atoms with Gasteiger partial charge >= 0.3 is 0 Å². The fourth-order valence-electron chi connectivity index (χ4n) is 1.19. The standard InChI is InChI=1S/C9H10N4O3S/c1-13-9(10-6-11-13)12-17(15,16)8-4-2-7(14)3-5-8/h2-6,14H,1H3,(H,10,11,12). The molecule has 1 aromatic carbocycles. The molecule has 0 aliphatic heterocycles. The number of aromatic nitrogens is 3. The van der Waals surface area contributed by atoms with Crippen LogP contribution in [-0.2, 0) is 17.1 Å². The van der Waals surface area contributed by atoms with E-state index in [9.17, 15) is 8.42 Å². The van der Waals surface area contributed by atoms with E-state index in [0.717, 1.165) is 0 Å². The number of hydrogen-bond donors (Lipinski definition) is 2. The van der Waals surface area contributed by atoms with Gasteiger partial charge in [0.25, 0.3) is 10.0 Å². The number of phenolic OH excluding ortho intramolecular Hbond substituents is 1. The first-order valence-electron chi connectivity index (χ1n) is 4.65. The van der Waals surface area contributed by atoms with E-state index < -0.39 is 10.0 Å². The van der Waals surface area contributed by atoms with E-state index in [1.807, 2.05) is 0 Å². The zero-order valence-electron chi connectivity index (χ0n) is 8.90. The average molecular weight is 254 g/mol. The van der Waals surface area contributed by atoms with Crippen LogP contribution in [0.25, 0.3) is 0 Å². The maximum atomic E-state index is 11.9. The third-order valence-electron chi connectivity index (χ3n) is 2.08. The van der Waals surface area contributed by atoms with Crippen molar-refractivity contribution >= 4 is 16.0 Å². The molecule has 0 aliphatic rings. The molecule has 0 aliphatic carbocycles. The Labute approximate surface area is 97.8 Å². The summed E-state index contributed by atoms with van der Waals surface area (Å²) >= 11 is 0. The summed E-state index contributed by atoms with van der Waals surface area (Å²) in [6, 6.07) is 5.19. The summed E-state index contributed by atoms with van der Waals surface area (Å²) in [4.78, 5) is 3.80. The maximum absolute atomic E-state index is 11.9. The molecule has 7 nitrogen and oxygen atoms in total. The van der Waals surface area contributed by atoms with Crippen LogP contribution in [0.4, 0.5) is 5.95 Å². The largest absolute Gasteiger partial charge is 0.508 e. The second-order valence-electron chi connectivity index (χ2n) is 3.31. The predicted octanol–water partition coefficient (Wildman–Crippen LogP) is 0.322. The van der Waals surface area contributed by atoms with Gasteiger partial charge in [0.05, 0.1) is 4.90 Å². The summed E-state index contributed by atoms with van der Waals surface area (Å²) in [5.74, 6) is 0.126. The average Bonchev–Trinajstić information content (AvgIpc) is 2.64. The molecule has 0 bridgehead atoms. The number of benzene rings is 1. The van der Waals surface area contributed by atoms with Crippen LogP contribution in [0.5, 0.6) is 5.75 Å². The van der Waals surface area contributed by atoms with E-state index in [1.54, 1.807) is 7.05 Å². The summed E-state index contributed by atoms with van der Waals surface area (Å²) in [7, 11) is -2.14. The van der Waals surface area contributed by atoms with Gasteiger partial charge in [0.1, 0.15) is 12.1 Å². The molecule has 2 aromatic rings. The summed E-state index contributed by atoms with van der Waals surface area (Å²) in [6.07, 6.45) is 1.24. The molecule has 8 heteroatoms. The van der Waals surface area contributed by atoms with Crippen molar-refractivity contribution in [3.8, 4) is 5.75 Å². The van der Waals surface area contributed by atoms with Crippen LogP contribution < -0.4 is 4.72 Å². The van der Waals surface area contributed by atoms with Gasteiger partial charge in [-0.1, -0.05) is 0 Å². The van der Waals surface area contributed by atoms with Crippen LogP contribution >= 0.6 is 0 Å². The third kappa shape index (κ3) is 2.36. The van der Waals surface area contributed by atoms with Crippen LogP contribution in [0.2, 0.25) is 0 Å². The minimum absolute atomic E-state index is 0.00242. The van der Waals surface area contributed by atoms with Gasteiger partial charge in [0.2, 0.25) is 5.95 Å². The number of aryl methyl sites for hydroxylation is 1. The van der Waals surface area contributed by atoms with Crippen molar-refractivity contribution < 1.29 is 13.5 Å². The molecule has 90 valence electrons. The molecule has 0 amide bonds. The van der Waals surface area contributed by atoms with E-state index in [2.05, 4.69) is 14.8 Å². The van der Waals surface area contributed by atoms with E-state index in [-0.39, 0.29) is 16.6 Å².